The Morgan fingerprint density at radius 3 is 2.38 bits per heavy atom. The summed E-state index contributed by atoms with van der Waals surface area (Å²) in [6.45, 7) is 6.09. The lowest BCUT2D eigenvalue weighted by Gasteiger charge is -2.02. The fourth-order valence-corrected chi connectivity index (χ4v) is 2.73. The van der Waals surface area contributed by atoms with Crippen molar-refractivity contribution < 1.29 is 0 Å². The monoisotopic (exact) mass is 197 g/mol. The first-order valence-corrected chi connectivity index (χ1v) is 6.10. The smallest absolute Gasteiger partial charge is 0.0896 e. The molecule has 1 heterocycles. The van der Waals surface area contributed by atoms with Crippen molar-refractivity contribution in [3.8, 4) is 0 Å². The molecule has 0 amide bonds. The van der Waals surface area contributed by atoms with Crippen molar-refractivity contribution in [2.24, 2.45) is 0 Å². The van der Waals surface area contributed by atoms with E-state index in [1.54, 1.807) is 0 Å². The van der Waals surface area contributed by atoms with Crippen LogP contribution in [0.2, 0.25) is 0 Å². The lowest BCUT2D eigenvalue weighted by atomic mass is 10.1. The van der Waals surface area contributed by atoms with Crippen molar-refractivity contribution in [1.82, 2.24) is 4.98 Å². The summed E-state index contributed by atoms with van der Waals surface area (Å²) < 4.78 is 0. The van der Waals surface area contributed by atoms with E-state index < -0.39 is 0 Å². The Kier molecular flexibility index (Phi) is 4.43. The zero-order chi connectivity index (χ0) is 9.68. The van der Waals surface area contributed by atoms with Crippen LogP contribution in [0.15, 0.2) is 6.20 Å². The van der Waals surface area contributed by atoms with Gasteiger partial charge in [-0.05, 0) is 25.7 Å². The Labute approximate surface area is 85.2 Å². The second-order valence-electron chi connectivity index (χ2n) is 3.26. The third kappa shape index (κ3) is 2.80. The third-order valence-electron chi connectivity index (χ3n) is 2.40. The second kappa shape index (κ2) is 5.38. The second-order valence-corrected chi connectivity index (χ2v) is 4.53. The number of thiazole rings is 1. The third-order valence-corrected chi connectivity index (χ3v) is 3.47. The van der Waals surface area contributed by atoms with Gasteiger partial charge in [0.2, 0.25) is 0 Å². The first-order chi connectivity index (χ1) is 6.36. The van der Waals surface area contributed by atoms with Gasteiger partial charge in [-0.2, -0.15) is 0 Å². The minimum absolute atomic E-state index is 0.848. The van der Waals surface area contributed by atoms with E-state index >= 15 is 0 Å². The van der Waals surface area contributed by atoms with Crippen molar-refractivity contribution in [2.75, 3.05) is 0 Å². The first kappa shape index (κ1) is 10.7. The molecule has 0 N–H and O–H groups in total. The van der Waals surface area contributed by atoms with Gasteiger partial charge in [-0.15, -0.1) is 11.3 Å². The van der Waals surface area contributed by atoms with Gasteiger partial charge in [0.05, 0.1) is 5.01 Å². The zero-order valence-corrected chi connectivity index (χ0v) is 9.66. The maximum atomic E-state index is 4.28. The average Bonchev–Trinajstić information content (AvgIpc) is 2.77. The van der Waals surface area contributed by atoms with Crippen LogP contribution in [0.1, 0.15) is 55.3 Å². The molecule has 0 radical (unpaired) electrons. The predicted octanol–water partition coefficient (Wildman–Crippen LogP) is 4.14. The molecule has 0 atom stereocenters. The molecular weight excluding hydrogens is 178 g/mol. The highest BCUT2D eigenvalue weighted by Gasteiger charge is 2.18. The number of rotatable bonds is 1. The molecule has 13 heavy (non-hydrogen) atoms. The number of hydrogen-bond acceptors (Lipinski definition) is 2. The first-order valence-electron chi connectivity index (χ1n) is 5.28. The quantitative estimate of drug-likeness (QED) is 0.659. The fourth-order valence-electron chi connectivity index (χ4n) is 1.78. The van der Waals surface area contributed by atoms with Gasteiger partial charge in [0.1, 0.15) is 0 Å². The summed E-state index contributed by atoms with van der Waals surface area (Å²) in [4.78, 5) is 5.79. The molecule has 1 saturated carbocycles. The molecule has 1 aliphatic rings. The number of hydrogen-bond donors (Lipinski definition) is 0. The van der Waals surface area contributed by atoms with E-state index in [4.69, 9.17) is 0 Å². The summed E-state index contributed by atoms with van der Waals surface area (Å²) in [5, 5.41) is 1.21. The van der Waals surface area contributed by atoms with Gasteiger partial charge in [-0.25, -0.2) is 4.98 Å². The van der Waals surface area contributed by atoms with E-state index in [0.29, 0.717) is 0 Å². The van der Waals surface area contributed by atoms with Gasteiger partial charge < -0.3 is 0 Å². The Morgan fingerprint density at radius 1 is 1.31 bits per heavy atom. The molecule has 1 fully saturated rings. The molecule has 1 aromatic rings. The van der Waals surface area contributed by atoms with E-state index in [-0.39, 0.29) is 0 Å². The van der Waals surface area contributed by atoms with Crippen LogP contribution in [0.25, 0.3) is 0 Å². The van der Waals surface area contributed by atoms with Crippen molar-refractivity contribution in [2.45, 2.75) is 52.4 Å². The van der Waals surface area contributed by atoms with Gasteiger partial charge in [0, 0.05) is 11.1 Å². The Bertz CT molecular complexity index is 236. The normalized spacial score (nSPS) is 16.8. The summed E-state index contributed by atoms with van der Waals surface area (Å²) >= 11 is 1.87. The number of nitrogens with zero attached hydrogens (tertiary/aromatic N) is 1. The van der Waals surface area contributed by atoms with Gasteiger partial charge in [0.15, 0.2) is 0 Å². The lowest BCUT2D eigenvalue weighted by Crippen LogP contribution is -1.85. The highest BCUT2D eigenvalue weighted by Crippen LogP contribution is 2.36. The summed E-state index contributed by atoms with van der Waals surface area (Å²) in [5.74, 6) is 0.848. The van der Waals surface area contributed by atoms with Gasteiger partial charge in [-0.3, -0.25) is 0 Å². The van der Waals surface area contributed by atoms with Gasteiger partial charge in [0.25, 0.3) is 0 Å². The average molecular weight is 197 g/mol. The molecule has 0 spiro atoms. The SMILES string of the molecule is CC.Cc1ncc(C2CCCC2)s1. The van der Waals surface area contributed by atoms with Crippen molar-refractivity contribution in [3.63, 3.8) is 0 Å². The van der Waals surface area contributed by atoms with E-state index in [1.165, 1.54) is 35.6 Å². The van der Waals surface area contributed by atoms with Gasteiger partial charge in [-0.1, -0.05) is 26.7 Å². The summed E-state index contributed by atoms with van der Waals surface area (Å²) in [5.41, 5.74) is 0. The Balaban J connectivity index is 0.000000396. The van der Waals surface area contributed by atoms with Crippen LogP contribution in [0.3, 0.4) is 0 Å². The Hall–Kier alpha value is -0.370. The summed E-state index contributed by atoms with van der Waals surface area (Å²) in [6, 6.07) is 0. The van der Waals surface area contributed by atoms with Crippen LogP contribution in [0, 0.1) is 6.92 Å². The summed E-state index contributed by atoms with van der Waals surface area (Å²) in [6.07, 6.45) is 7.68. The van der Waals surface area contributed by atoms with Crippen LogP contribution in [0.4, 0.5) is 0 Å². The molecule has 1 nitrogen and oxygen atoms in total. The standard InChI is InChI=1S/C9H13NS.C2H6/c1-7-10-6-9(11-7)8-4-2-3-5-8;1-2/h6,8H,2-5H2,1H3;1-2H3. The molecule has 0 bridgehead atoms. The maximum Gasteiger partial charge on any atom is 0.0896 e. The molecule has 0 unspecified atom stereocenters. The zero-order valence-electron chi connectivity index (χ0n) is 8.84. The van der Waals surface area contributed by atoms with Crippen LogP contribution in [-0.4, -0.2) is 4.98 Å². The molecule has 74 valence electrons. The molecular formula is C11H19NS. The topological polar surface area (TPSA) is 12.9 Å². The largest absolute Gasteiger partial charge is 0.250 e. The lowest BCUT2D eigenvalue weighted by molar-refractivity contribution is 0.736. The fraction of sp³-hybridized carbons (Fsp3) is 0.727. The van der Waals surface area contributed by atoms with Crippen molar-refractivity contribution in [1.29, 1.82) is 0 Å². The van der Waals surface area contributed by atoms with E-state index in [2.05, 4.69) is 18.1 Å². The van der Waals surface area contributed by atoms with Gasteiger partial charge >= 0.3 is 0 Å². The highest BCUT2D eigenvalue weighted by atomic mass is 32.1. The van der Waals surface area contributed by atoms with Crippen LogP contribution >= 0.6 is 11.3 Å². The molecule has 0 aliphatic heterocycles. The van der Waals surface area contributed by atoms with E-state index in [1.807, 2.05) is 25.2 Å². The minimum Gasteiger partial charge on any atom is -0.250 e. The van der Waals surface area contributed by atoms with E-state index in [0.717, 1.165) is 5.92 Å². The van der Waals surface area contributed by atoms with Crippen LogP contribution in [-0.2, 0) is 0 Å². The molecule has 0 aromatic carbocycles. The predicted molar refractivity (Wildman–Crippen MR) is 59.4 cm³/mol. The molecule has 2 heteroatoms. The van der Waals surface area contributed by atoms with Crippen molar-refractivity contribution >= 4 is 11.3 Å². The molecule has 2 rings (SSSR count). The molecule has 0 saturated heterocycles. The molecule has 1 aromatic heterocycles. The minimum atomic E-state index is 0.848. The van der Waals surface area contributed by atoms with Crippen LogP contribution in [0.5, 0.6) is 0 Å². The maximum absolute atomic E-state index is 4.28. The van der Waals surface area contributed by atoms with E-state index in [9.17, 15) is 0 Å². The number of aryl methyl sites for hydroxylation is 1. The highest BCUT2D eigenvalue weighted by molar-refractivity contribution is 7.11. The van der Waals surface area contributed by atoms with Crippen LogP contribution < -0.4 is 0 Å². The number of aromatic nitrogens is 1. The van der Waals surface area contributed by atoms with Crippen molar-refractivity contribution in [3.05, 3.63) is 16.1 Å². The Morgan fingerprint density at radius 2 is 1.92 bits per heavy atom. The molecule has 1 aliphatic carbocycles. The summed E-state index contributed by atoms with van der Waals surface area (Å²) in [7, 11) is 0.